The van der Waals surface area contributed by atoms with E-state index >= 15 is 0 Å². The maximum atomic E-state index is 12.0. The van der Waals surface area contributed by atoms with E-state index in [1.54, 1.807) is 0 Å². The lowest BCUT2D eigenvalue weighted by Gasteiger charge is -2.18. The number of allylic oxidation sites excluding steroid dienone is 2. The van der Waals surface area contributed by atoms with Crippen LogP contribution in [0.1, 0.15) is 43.4 Å². The predicted molar refractivity (Wildman–Crippen MR) is 78.4 cm³/mol. The minimum atomic E-state index is 0.173. The second-order valence-electron chi connectivity index (χ2n) is 5.82. The van der Waals surface area contributed by atoms with Gasteiger partial charge in [0, 0.05) is 18.2 Å². The first-order valence-electron chi connectivity index (χ1n) is 7.81. The van der Waals surface area contributed by atoms with Crippen LogP contribution in [0.3, 0.4) is 0 Å². The summed E-state index contributed by atoms with van der Waals surface area (Å²) in [5.41, 5.74) is 2.78. The molecule has 0 aromatic carbocycles. The molecule has 2 aliphatic carbocycles. The van der Waals surface area contributed by atoms with Crippen molar-refractivity contribution >= 4 is 5.91 Å². The molecule has 1 atom stereocenters. The fourth-order valence-corrected chi connectivity index (χ4v) is 3.21. The average Bonchev–Trinajstić information content (AvgIpc) is 2.92. The van der Waals surface area contributed by atoms with Crippen molar-refractivity contribution in [2.24, 2.45) is 5.92 Å². The molecule has 3 rings (SSSR count). The van der Waals surface area contributed by atoms with Crippen LogP contribution in [0.25, 0.3) is 0 Å². The van der Waals surface area contributed by atoms with Crippen LogP contribution in [0.5, 0.6) is 0 Å². The van der Waals surface area contributed by atoms with Crippen LogP contribution in [-0.4, -0.2) is 22.2 Å². The van der Waals surface area contributed by atoms with Crippen molar-refractivity contribution in [2.75, 3.05) is 6.54 Å². The lowest BCUT2D eigenvalue weighted by molar-refractivity contribution is -0.125. The van der Waals surface area contributed by atoms with E-state index in [4.69, 9.17) is 0 Å². The van der Waals surface area contributed by atoms with Gasteiger partial charge in [0.2, 0.25) is 5.91 Å². The van der Waals surface area contributed by atoms with E-state index in [-0.39, 0.29) is 11.8 Å². The maximum absolute atomic E-state index is 12.0. The average molecular weight is 273 g/mol. The van der Waals surface area contributed by atoms with Gasteiger partial charge in [-0.1, -0.05) is 12.2 Å². The van der Waals surface area contributed by atoms with Crippen molar-refractivity contribution in [3.8, 4) is 0 Å². The first-order valence-corrected chi connectivity index (χ1v) is 7.81. The monoisotopic (exact) mass is 273 g/mol. The summed E-state index contributed by atoms with van der Waals surface area (Å²) in [4.78, 5) is 12.0. The molecule has 0 spiro atoms. The summed E-state index contributed by atoms with van der Waals surface area (Å²) in [7, 11) is 0. The molecule has 1 heterocycles. The molecular weight excluding hydrogens is 250 g/mol. The zero-order chi connectivity index (χ0) is 13.8. The third-order valence-corrected chi connectivity index (χ3v) is 4.41. The van der Waals surface area contributed by atoms with Gasteiger partial charge in [0.05, 0.1) is 12.7 Å². The molecule has 4 heteroatoms. The van der Waals surface area contributed by atoms with Gasteiger partial charge in [-0.15, -0.1) is 0 Å². The Morgan fingerprint density at radius 2 is 2.25 bits per heavy atom. The molecule has 20 heavy (non-hydrogen) atoms. The first kappa shape index (κ1) is 13.4. The van der Waals surface area contributed by atoms with Crippen LogP contribution in [0.15, 0.2) is 18.3 Å². The summed E-state index contributed by atoms with van der Waals surface area (Å²) in [5, 5.41) is 7.53. The second-order valence-corrected chi connectivity index (χ2v) is 5.82. The number of carbonyl (C=O) groups excluding carboxylic acids is 1. The Balaban J connectivity index is 1.49. The van der Waals surface area contributed by atoms with E-state index in [2.05, 4.69) is 27.2 Å². The Bertz CT molecular complexity index is 504. The van der Waals surface area contributed by atoms with E-state index < -0.39 is 0 Å². The van der Waals surface area contributed by atoms with E-state index in [0.29, 0.717) is 6.54 Å². The molecular formula is C16H23N3O. The number of amides is 1. The lowest BCUT2D eigenvalue weighted by Crippen LogP contribution is -2.33. The lowest BCUT2D eigenvalue weighted by atomic mass is 9.94. The molecule has 0 aliphatic heterocycles. The molecule has 2 aliphatic rings. The first-order chi connectivity index (χ1) is 9.84. The summed E-state index contributed by atoms with van der Waals surface area (Å²) in [6.45, 7) is 1.48. The highest BCUT2D eigenvalue weighted by Crippen LogP contribution is 2.20. The standard InChI is InChI=1S/C16H23N3O/c20-16(13-6-2-1-3-7-13)17-10-11-19-15-9-5-4-8-14(15)12-18-19/h1-2,12-13H,3-11H2,(H,17,20). The highest BCUT2D eigenvalue weighted by Gasteiger charge is 2.18. The molecule has 108 valence electrons. The number of rotatable bonds is 4. The zero-order valence-corrected chi connectivity index (χ0v) is 12.0. The van der Waals surface area contributed by atoms with Crippen LogP contribution in [0.2, 0.25) is 0 Å². The fraction of sp³-hybridized carbons (Fsp3) is 0.625. The number of nitrogens with one attached hydrogen (secondary N) is 1. The van der Waals surface area contributed by atoms with Crippen LogP contribution in [-0.2, 0) is 24.2 Å². The van der Waals surface area contributed by atoms with Gasteiger partial charge in [0.1, 0.15) is 0 Å². The van der Waals surface area contributed by atoms with Crippen molar-refractivity contribution in [3.05, 3.63) is 29.6 Å². The molecule has 0 fully saturated rings. The number of nitrogens with zero attached hydrogens (tertiary/aromatic N) is 2. The number of aromatic nitrogens is 2. The minimum Gasteiger partial charge on any atom is -0.354 e. The third kappa shape index (κ3) is 2.94. The topological polar surface area (TPSA) is 46.9 Å². The van der Waals surface area contributed by atoms with Gasteiger partial charge in [-0.3, -0.25) is 9.48 Å². The summed E-state index contributed by atoms with van der Waals surface area (Å²) in [6.07, 6.45) is 14.0. The van der Waals surface area contributed by atoms with Crippen LogP contribution < -0.4 is 5.32 Å². The number of hydrogen-bond acceptors (Lipinski definition) is 2. The van der Waals surface area contributed by atoms with Crippen molar-refractivity contribution in [2.45, 2.75) is 51.5 Å². The Hall–Kier alpha value is -1.58. The third-order valence-electron chi connectivity index (χ3n) is 4.41. The van der Waals surface area contributed by atoms with Crippen LogP contribution in [0, 0.1) is 5.92 Å². The number of hydrogen-bond donors (Lipinski definition) is 1. The molecule has 1 N–H and O–H groups in total. The summed E-state index contributed by atoms with van der Waals surface area (Å²) >= 11 is 0. The van der Waals surface area contributed by atoms with Crippen LogP contribution >= 0.6 is 0 Å². The number of fused-ring (bicyclic) bond motifs is 1. The predicted octanol–water partition coefficient (Wildman–Crippen LogP) is 2.23. The number of carbonyl (C=O) groups is 1. The Kier molecular flexibility index (Phi) is 4.19. The molecule has 0 bridgehead atoms. The number of aryl methyl sites for hydroxylation is 1. The molecule has 0 radical (unpaired) electrons. The van der Waals surface area contributed by atoms with Gasteiger partial charge in [-0.25, -0.2) is 0 Å². The Morgan fingerprint density at radius 1 is 1.35 bits per heavy atom. The van der Waals surface area contributed by atoms with E-state index in [0.717, 1.165) is 38.6 Å². The van der Waals surface area contributed by atoms with Gasteiger partial charge < -0.3 is 5.32 Å². The van der Waals surface area contributed by atoms with Crippen LogP contribution in [0.4, 0.5) is 0 Å². The van der Waals surface area contributed by atoms with Crippen molar-refractivity contribution in [1.29, 1.82) is 0 Å². The SMILES string of the molecule is O=C(NCCn1ncc2c1CCCC2)C1CC=CCC1. The molecule has 1 amide bonds. The quantitative estimate of drug-likeness (QED) is 0.855. The second kappa shape index (κ2) is 6.25. The Morgan fingerprint density at radius 3 is 3.10 bits per heavy atom. The van der Waals surface area contributed by atoms with Gasteiger partial charge >= 0.3 is 0 Å². The smallest absolute Gasteiger partial charge is 0.223 e. The molecule has 1 unspecified atom stereocenters. The molecule has 0 saturated heterocycles. The zero-order valence-electron chi connectivity index (χ0n) is 12.0. The van der Waals surface area contributed by atoms with Crippen molar-refractivity contribution in [1.82, 2.24) is 15.1 Å². The van der Waals surface area contributed by atoms with Gasteiger partial charge in [0.15, 0.2) is 0 Å². The summed E-state index contributed by atoms with van der Waals surface area (Å²) < 4.78 is 2.08. The van der Waals surface area contributed by atoms with E-state index in [9.17, 15) is 4.79 Å². The van der Waals surface area contributed by atoms with Gasteiger partial charge in [-0.2, -0.15) is 5.10 Å². The largest absolute Gasteiger partial charge is 0.354 e. The highest BCUT2D eigenvalue weighted by atomic mass is 16.1. The van der Waals surface area contributed by atoms with Crippen molar-refractivity contribution in [3.63, 3.8) is 0 Å². The van der Waals surface area contributed by atoms with Gasteiger partial charge in [0.25, 0.3) is 0 Å². The van der Waals surface area contributed by atoms with E-state index in [1.807, 2.05) is 6.20 Å². The summed E-state index contributed by atoms with van der Waals surface area (Å²) in [6, 6.07) is 0. The molecule has 1 aromatic rings. The molecule has 4 nitrogen and oxygen atoms in total. The Labute approximate surface area is 120 Å². The normalized spacial score (nSPS) is 21.5. The molecule has 1 aromatic heterocycles. The van der Waals surface area contributed by atoms with Crippen molar-refractivity contribution < 1.29 is 4.79 Å². The summed E-state index contributed by atoms with van der Waals surface area (Å²) in [5.74, 6) is 0.377. The fourth-order valence-electron chi connectivity index (χ4n) is 3.21. The molecule has 0 saturated carbocycles. The van der Waals surface area contributed by atoms with Gasteiger partial charge in [-0.05, 0) is 50.5 Å². The van der Waals surface area contributed by atoms with E-state index in [1.165, 1.54) is 24.1 Å². The highest BCUT2D eigenvalue weighted by molar-refractivity contribution is 5.78. The minimum absolute atomic E-state index is 0.173. The maximum Gasteiger partial charge on any atom is 0.223 e.